The van der Waals surface area contributed by atoms with Crippen LogP contribution in [0.15, 0.2) is 36.7 Å². The number of carbonyl (C=O) groups is 1. The molecule has 1 aromatic heterocycles. The summed E-state index contributed by atoms with van der Waals surface area (Å²) in [7, 11) is 0. The standard InChI is InChI=1S/C18H21F2N5O/c1-13(15-4-3-14(19)11-16(15)20)23-12-17(26)24-7-9-25(10-8-24)18-21-5-2-6-22-18/h2-6,11,13,23H,7-10,12H2,1H3/t13-/m0/s1. The third-order valence-electron chi connectivity index (χ3n) is 4.46. The van der Waals surface area contributed by atoms with Gasteiger partial charge in [0.15, 0.2) is 0 Å². The van der Waals surface area contributed by atoms with Crippen molar-refractivity contribution in [3.63, 3.8) is 0 Å². The topological polar surface area (TPSA) is 61.4 Å². The smallest absolute Gasteiger partial charge is 0.236 e. The Morgan fingerprint density at radius 1 is 1.19 bits per heavy atom. The summed E-state index contributed by atoms with van der Waals surface area (Å²) in [4.78, 5) is 24.6. The van der Waals surface area contributed by atoms with E-state index in [-0.39, 0.29) is 12.5 Å². The summed E-state index contributed by atoms with van der Waals surface area (Å²) in [5.74, 6) is -0.616. The number of amides is 1. The molecule has 3 rings (SSSR count). The predicted octanol–water partition coefficient (Wildman–Crippen LogP) is 1.75. The molecule has 1 saturated heterocycles. The van der Waals surface area contributed by atoms with Crippen molar-refractivity contribution in [3.05, 3.63) is 53.9 Å². The maximum absolute atomic E-state index is 13.8. The van der Waals surface area contributed by atoms with Gasteiger partial charge in [0.05, 0.1) is 6.54 Å². The van der Waals surface area contributed by atoms with E-state index in [1.54, 1.807) is 30.3 Å². The van der Waals surface area contributed by atoms with Crippen LogP contribution in [0.25, 0.3) is 0 Å². The van der Waals surface area contributed by atoms with Gasteiger partial charge >= 0.3 is 0 Å². The van der Waals surface area contributed by atoms with Crippen LogP contribution in [0.4, 0.5) is 14.7 Å². The maximum atomic E-state index is 13.8. The molecule has 8 heteroatoms. The second-order valence-corrected chi connectivity index (χ2v) is 6.19. The van der Waals surface area contributed by atoms with Crippen molar-refractivity contribution in [1.82, 2.24) is 20.2 Å². The van der Waals surface area contributed by atoms with E-state index in [0.29, 0.717) is 37.7 Å². The van der Waals surface area contributed by atoms with Crippen LogP contribution in [-0.2, 0) is 4.79 Å². The van der Waals surface area contributed by atoms with Crippen molar-refractivity contribution >= 4 is 11.9 Å². The van der Waals surface area contributed by atoms with Gasteiger partial charge in [-0.3, -0.25) is 4.79 Å². The fourth-order valence-electron chi connectivity index (χ4n) is 2.93. The van der Waals surface area contributed by atoms with Gasteiger partial charge in [-0.1, -0.05) is 6.07 Å². The van der Waals surface area contributed by atoms with Gasteiger partial charge < -0.3 is 15.1 Å². The lowest BCUT2D eigenvalue weighted by Crippen LogP contribution is -2.51. The van der Waals surface area contributed by atoms with Gasteiger partial charge in [-0.25, -0.2) is 18.7 Å². The van der Waals surface area contributed by atoms with Crippen LogP contribution in [-0.4, -0.2) is 53.5 Å². The number of benzene rings is 1. The van der Waals surface area contributed by atoms with E-state index in [1.807, 2.05) is 4.90 Å². The fourth-order valence-corrected chi connectivity index (χ4v) is 2.93. The summed E-state index contributed by atoms with van der Waals surface area (Å²) >= 11 is 0. The van der Waals surface area contributed by atoms with Gasteiger partial charge in [-0.05, 0) is 19.1 Å². The lowest BCUT2D eigenvalue weighted by Gasteiger charge is -2.35. The number of piperazine rings is 1. The summed E-state index contributed by atoms with van der Waals surface area (Å²) in [6.07, 6.45) is 3.39. The number of rotatable bonds is 5. The van der Waals surface area contributed by atoms with Crippen LogP contribution >= 0.6 is 0 Å². The van der Waals surface area contributed by atoms with Gasteiger partial charge in [0.2, 0.25) is 11.9 Å². The van der Waals surface area contributed by atoms with Gasteiger partial charge in [0.25, 0.3) is 0 Å². The Kier molecular flexibility index (Phi) is 5.72. The molecule has 1 N–H and O–H groups in total. The summed E-state index contributed by atoms with van der Waals surface area (Å²) in [5.41, 5.74) is 0.338. The van der Waals surface area contributed by atoms with E-state index in [0.717, 1.165) is 6.07 Å². The van der Waals surface area contributed by atoms with Crippen LogP contribution in [0, 0.1) is 11.6 Å². The Bertz CT molecular complexity index is 751. The minimum Gasteiger partial charge on any atom is -0.338 e. The molecule has 0 radical (unpaired) electrons. The number of aromatic nitrogens is 2. The van der Waals surface area contributed by atoms with Crippen LogP contribution in [0.1, 0.15) is 18.5 Å². The van der Waals surface area contributed by atoms with E-state index < -0.39 is 17.7 Å². The Labute approximate surface area is 150 Å². The highest BCUT2D eigenvalue weighted by atomic mass is 19.1. The molecule has 0 spiro atoms. The predicted molar refractivity (Wildman–Crippen MR) is 93.6 cm³/mol. The first-order valence-electron chi connectivity index (χ1n) is 8.52. The Balaban J connectivity index is 1.48. The van der Waals surface area contributed by atoms with Crippen LogP contribution in [0.2, 0.25) is 0 Å². The molecule has 1 fully saturated rings. The lowest BCUT2D eigenvalue weighted by molar-refractivity contribution is -0.130. The van der Waals surface area contributed by atoms with Gasteiger partial charge in [0.1, 0.15) is 11.6 Å². The molecule has 138 valence electrons. The van der Waals surface area contributed by atoms with E-state index in [4.69, 9.17) is 0 Å². The van der Waals surface area contributed by atoms with Crippen LogP contribution in [0.5, 0.6) is 0 Å². The highest BCUT2D eigenvalue weighted by Gasteiger charge is 2.23. The Hall–Kier alpha value is -2.61. The molecule has 0 aliphatic carbocycles. The number of nitrogens with one attached hydrogen (secondary N) is 1. The number of carbonyl (C=O) groups excluding carboxylic acids is 1. The number of anilines is 1. The van der Waals surface area contributed by atoms with Crippen molar-refractivity contribution in [2.24, 2.45) is 0 Å². The number of nitrogens with zero attached hydrogens (tertiary/aromatic N) is 4. The number of hydrogen-bond donors (Lipinski definition) is 1. The summed E-state index contributed by atoms with van der Waals surface area (Å²) < 4.78 is 26.8. The molecule has 1 atom stereocenters. The molecule has 26 heavy (non-hydrogen) atoms. The van der Waals surface area contributed by atoms with Crippen LogP contribution < -0.4 is 10.2 Å². The second-order valence-electron chi connectivity index (χ2n) is 6.19. The van der Waals surface area contributed by atoms with Gasteiger partial charge in [-0.15, -0.1) is 0 Å². The molecule has 0 bridgehead atoms. The zero-order valence-electron chi connectivity index (χ0n) is 14.5. The average Bonchev–Trinajstić information content (AvgIpc) is 2.66. The monoisotopic (exact) mass is 361 g/mol. The van der Waals surface area contributed by atoms with Crippen molar-refractivity contribution in [1.29, 1.82) is 0 Å². The summed E-state index contributed by atoms with van der Waals surface area (Å²) in [6.45, 7) is 4.33. The molecule has 2 heterocycles. The third-order valence-corrected chi connectivity index (χ3v) is 4.46. The van der Waals surface area contributed by atoms with E-state index in [2.05, 4.69) is 15.3 Å². The summed E-state index contributed by atoms with van der Waals surface area (Å²) in [5, 5.41) is 3.01. The molecule has 1 aliphatic rings. The third kappa shape index (κ3) is 4.32. The molecule has 0 unspecified atom stereocenters. The number of hydrogen-bond acceptors (Lipinski definition) is 5. The first kappa shape index (κ1) is 18.2. The Morgan fingerprint density at radius 3 is 2.54 bits per heavy atom. The average molecular weight is 361 g/mol. The van der Waals surface area contributed by atoms with E-state index in [1.165, 1.54) is 12.1 Å². The van der Waals surface area contributed by atoms with Crippen molar-refractivity contribution in [3.8, 4) is 0 Å². The zero-order valence-corrected chi connectivity index (χ0v) is 14.5. The molecule has 6 nitrogen and oxygen atoms in total. The highest BCUT2D eigenvalue weighted by molar-refractivity contribution is 5.78. The minimum absolute atomic E-state index is 0.0481. The second kappa shape index (κ2) is 8.18. The molecule has 2 aromatic rings. The first-order chi connectivity index (χ1) is 12.5. The normalized spacial score (nSPS) is 15.8. The number of halogens is 2. The van der Waals surface area contributed by atoms with Crippen LogP contribution in [0.3, 0.4) is 0 Å². The molecule has 1 aliphatic heterocycles. The van der Waals surface area contributed by atoms with E-state index >= 15 is 0 Å². The van der Waals surface area contributed by atoms with Crippen molar-refractivity contribution in [2.75, 3.05) is 37.6 Å². The largest absolute Gasteiger partial charge is 0.338 e. The Morgan fingerprint density at radius 2 is 1.88 bits per heavy atom. The van der Waals surface area contributed by atoms with E-state index in [9.17, 15) is 13.6 Å². The van der Waals surface area contributed by atoms with Crippen molar-refractivity contribution in [2.45, 2.75) is 13.0 Å². The minimum atomic E-state index is -0.617. The fraction of sp³-hybridized carbons (Fsp3) is 0.389. The molecule has 1 aromatic carbocycles. The van der Waals surface area contributed by atoms with Crippen molar-refractivity contribution < 1.29 is 13.6 Å². The molecule has 0 saturated carbocycles. The lowest BCUT2D eigenvalue weighted by atomic mass is 10.1. The maximum Gasteiger partial charge on any atom is 0.236 e. The zero-order chi connectivity index (χ0) is 18.5. The molecular formula is C18H21F2N5O. The SMILES string of the molecule is C[C@H](NCC(=O)N1CCN(c2ncccn2)CC1)c1ccc(F)cc1F. The quantitative estimate of drug-likeness (QED) is 0.879. The van der Waals surface area contributed by atoms with Gasteiger partial charge in [-0.2, -0.15) is 0 Å². The summed E-state index contributed by atoms with van der Waals surface area (Å²) in [6, 6.07) is 4.83. The highest BCUT2D eigenvalue weighted by Crippen LogP contribution is 2.17. The van der Waals surface area contributed by atoms with Gasteiger partial charge in [0, 0.05) is 56.2 Å². The molecule has 1 amide bonds. The molecular weight excluding hydrogens is 340 g/mol. The first-order valence-corrected chi connectivity index (χ1v) is 8.52.